The van der Waals surface area contributed by atoms with Crippen LogP contribution in [0, 0.1) is 13.8 Å². The number of benzene rings is 1. The zero-order valence-electron chi connectivity index (χ0n) is 13.0. The van der Waals surface area contributed by atoms with Gasteiger partial charge >= 0.3 is 0 Å². The summed E-state index contributed by atoms with van der Waals surface area (Å²) in [6, 6.07) is 10.5. The minimum Gasteiger partial charge on any atom is -0.308 e. The Morgan fingerprint density at radius 3 is 2.76 bits per heavy atom. The number of nitrogens with one attached hydrogen (secondary N) is 1. The molecule has 1 N–H and O–H groups in total. The molecule has 1 atom stereocenters. The van der Waals surface area contributed by atoms with Gasteiger partial charge in [-0.3, -0.25) is 4.98 Å². The average Bonchev–Trinajstić information content (AvgIpc) is 2.48. The van der Waals surface area contributed by atoms with Crippen LogP contribution in [0.25, 0.3) is 0 Å². The molecule has 0 aliphatic rings. The number of hydrogen-bond donors (Lipinski definition) is 1. The first-order valence-corrected chi connectivity index (χ1v) is 7.89. The quantitative estimate of drug-likeness (QED) is 0.841. The third-order valence-corrected chi connectivity index (χ3v) is 4.01. The van der Waals surface area contributed by atoms with Gasteiger partial charge in [-0.2, -0.15) is 0 Å². The van der Waals surface area contributed by atoms with E-state index < -0.39 is 0 Å². The van der Waals surface area contributed by atoms with Crippen molar-refractivity contribution in [2.75, 3.05) is 6.54 Å². The van der Waals surface area contributed by atoms with Crippen molar-refractivity contribution in [1.82, 2.24) is 10.3 Å². The SMILES string of the molecule is CCCNC(Cc1cc(C)ccc1C)c1ncccc1Cl. The maximum absolute atomic E-state index is 6.33. The lowest BCUT2D eigenvalue weighted by atomic mass is 9.97. The number of nitrogens with zero attached hydrogens (tertiary/aromatic N) is 1. The Morgan fingerprint density at radius 2 is 2.05 bits per heavy atom. The van der Waals surface area contributed by atoms with Crippen molar-refractivity contribution in [1.29, 1.82) is 0 Å². The summed E-state index contributed by atoms with van der Waals surface area (Å²) in [6.45, 7) is 7.42. The maximum atomic E-state index is 6.33. The molecule has 0 saturated heterocycles. The summed E-state index contributed by atoms with van der Waals surface area (Å²) in [5, 5.41) is 4.31. The molecule has 0 bridgehead atoms. The summed E-state index contributed by atoms with van der Waals surface area (Å²) in [5.41, 5.74) is 4.90. The van der Waals surface area contributed by atoms with Gasteiger partial charge < -0.3 is 5.32 Å². The standard InChI is InChI=1S/C18H23ClN2/c1-4-9-20-17(18-16(19)6-5-10-21-18)12-15-11-13(2)7-8-14(15)3/h5-8,10-11,17,20H,4,9,12H2,1-3H3. The van der Waals surface area contributed by atoms with E-state index in [9.17, 15) is 0 Å². The second-order valence-corrected chi connectivity index (χ2v) is 5.92. The minimum absolute atomic E-state index is 0.152. The smallest absolute Gasteiger partial charge is 0.0762 e. The second kappa shape index (κ2) is 7.58. The molecule has 0 aliphatic carbocycles. The van der Waals surface area contributed by atoms with E-state index in [0.717, 1.165) is 30.1 Å². The Bertz CT molecular complexity index is 596. The summed E-state index contributed by atoms with van der Waals surface area (Å²) in [7, 11) is 0. The van der Waals surface area contributed by atoms with Gasteiger partial charge in [0.1, 0.15) is 0 Å². The highest BCUT2D eigenvalue weighted by Crippen LogP contribution is 2.25. The van der Waals surface area contributed by atoms with Crippen LogP contribution in [0.15, 0.2) is 36.5 Å². The van der Waals surface area contributed by atoms with Crippen LogP contribution >= 0.6 is 11.6 Å². The molecule has 0 fully saturated rings. The zero-order valence-corrected chi connectivity index (χ0v) is 13.7. The van der Waals surface area contributed by atoms with Crippen molar-refractivity contribution < 1.29 is 0 Å². The molecular weight excluding hydrogens is 280 g/mol. The number of pyridine rings is 1. The van der Waals surface area contributed by atoms with E-state index in [1.54, 1.807) is 0 Å². The molecule has 1 unspecified atom stereocenters. The second-order valence-electron chi connectivity index (χ2n) is 5.51. The molecule has 2 aromatic rings. The predicted octanol–water partition coefficient (Wildman–Crippen LogP) is 4.64. The molecule has 1 heterocycles. The van der Waals surface area contributed by atoms with Gasteiger partial charge in [0, 0.05) is 6.20 Å². The topological polar surface area (TPSA) is 24.9 Å². The Morgan fingerprint density at radius 1 is 1.24 bits per heavy atom. The lowest BCUT2D eigenvalue weighted by Gasteiger charge is -2.20. The minimum atomic E-state index is 0.152. The van der Waals surface area contributed by atoms with Crippen molar-refractivity contribution in [3.05, 3.63) is 63.9 Å². The first-order valence-electron chi connectivity index (χ1n) is 7.51. The van der Waals surface area contributed by atoms with E-state index in [-0.39, 0.29) is 6.04 Å². The van der Waals surface area contributed by atoms with Crippen molar-refractivity contribution in [2.24, 2.45) is 0 Å². The van der Waals surface area contributed by atoms with Gasteiger partial charge in [0.15, 0.2) is 0 Å². The monoisotopic (exact) mass is 302 g/mol. The van der Waals surface area contributed by atoms with Crippen LogP contribution in [0.1, 0.15) is 41.8 Å². The highest BCUT2D eigenvalue weighted by Gasteiger charge is 2.17. The van der Waals surface area contributed by atoms with E-state index in [2.05, 4.69) is 49.3 Å². The summed E-state index contributed by atoms with van der Waals surface area (Å²) in [4.78, 5) is 4.49. The Balaban J connectivity index is 2.28. The normalized spacial score (nSPS) is 12.4. The van der Waals surface area contributed by atoms with E-state index >= 15 is 0 Å². The average molecular weight is 303 g/mol. The lowest BCUT2D eigenvalue weighted by Crippen LogP contribution is -2.25. The first-order chi connectivity index (χ1) is 10.1. The molecule has 0 spiro atoms. The number of aryl methyl sites for hydroxylation is 2. The fourth-order valence-electron chi connectivity index (χ4n) is 2.48. The number of rotatable bonds is 6. The van der Waals surface area contributed by atoms with Crippen LogP contribution < -0.4 is 5.32 Å². The van der Waals surface area contributed by atoms with Crippen molar-refractivity contribution in [3.63, 3.8) is 0 Å². The summed E-state index contributed by atoms with van der Waals surface area (Å²) in [5.74, 6) is 0. The largest absolute Gasteiger partial charge is 0.308 e. The highest BCUT2D eigenvalue weighted by atomic mass is 35.5. The molecule has 1 aromatic carbocycles. The van der Waals surface area contributed by atoms with Gasteiger partial charge in [-0.15, -0.1) is 0 Å². The first kappa shape index (κ1) is 16.0. The summed E-state index contributed by atoms with van der Waals surface area (Å²) < 4.78 is 0. The van der Waals surface area contributed by atoms with Gasteiger partial charge in [0.05, 0.1) is 16.8 Å². The van der Waals surface area contributed by atoms with Crippen molar-refractivity contribution in [3.8, 4) is 0 Å². The number of aromatic nitrogens is 1. The fourth-order valence-corrected chi connectivity index (χ4v) is 2.73. The molecular formula is C18H23ClN2. The Labute approximate surface area is 132 Å². The Kier molecular flexibility index (Phi) is 5.77. The maximum Gasteiger partial charge on any atom is 0.0762 e. The van der Waals surface area contributed by atoms with Crippen LogP contribution in [0.2, 0.25) is 5.02 Å². The molecule has 112 valence electrons. The molecule has 1 aromatic heterocycles. The fraction of sp³-hybridized carbons (Fsp3) is 0.389. The van der Waals surface area contributed by atoms with Gasteiger partial charge in [0.25, 0.3) is 0 Å². The predicted molar refractivity (Wildman–Crippen MR) is 89.9 cm³/mol. The Hall–Kier alpha value is -1.38. The number of halogens is 1. The molecule has 21 heavy (non-hydrogen) atoms. The van der Waals surface area contributed by atoms with Crippen LogP contribution in [-0.4, -0.2) is 11.5 Å². The molecule has 0 amide bonds. The van der Waals surface area contributed by atoms with Crippen LogP contribution in [-0.2, 0) is 6.42 Å². The summed E-state index contributed by atoms with van der Waals surface area (Å²) in [6.07, 6.45) is 3.81. The van der Waals surface area contributed by atoms with Gasteiger partial charge in [-0.1, -0.05) is 42.3 Å². The molecule has 2 nitrogen and oxygen atoms in total. The van der Waals surface area contributed by atoms with Gasteiger partial charge in [-0.25, -0.2) is 0 Å². The lowest BCUT2D eigenvalue weighted by molar-refractivity contribution is 0.517. The molecule has 0 aliphatic heterocycles. The van der Waals surface area contributed by atoms with Gasteiger partial charge in [-0.05, 0) is 56.5 Å². The van der Waals surface area contributed by atoms with E-state index in [0.29, 0.717) is 0 Å². The van der Waals surface area contributed by atoms with Crippen LogP contribution in [0.5, 0.6) is 0 Å². The van der Waals surface area contributed by atoms with Crippen molar-refractivity contribution in [2.45, 2.75) is 39.7 Å². The van der Waals surface area contributed by atoms with E-state index in [1.807, 2.05) is 18.3 Å². The van der Waals surface area contributed by atoms with E-state index in [1.165, 1.54) is 16.7 Å². The number of hydrogen-bond acceptors (Lipinski definition) is 2. The van der Waals surface area contributed by atoms with Crippen LogP contribution in [0.4, 0.5) is 0 Å². The zero-order chi connectivity index (χ0) is 15.2. The molecule has 0 saturated carbocycles. The van der Waals surface area contributed by atoms with E-state index in [4.69, 9.17) is 11.6 Å². The van der Waals surface area contributed by atoms with Crippen molar-refractivity contribution >= 4 is 11.6 Å². The van der Waals surface area contributed by atoms with Gasteiger partial charge in [0.2, 0.25) is 0 Å². The molecule has 2 rings (SSSR count). The van der Waals surface area contributed by atoms with Crippen LogP contribution in [0.3, 0.4) is 0 Å². The third kappa shape index (κ3) is 4.29. The molecule has 0 radical (unpaired) electrons. The third-order valence-electron chi connectivity index (χ3n) is 3.69. The highest BCUT2D eigenvalue weighted by molar-refractivity contribution is 6.31. The molecule has 3 heteroatoms. The summed E-state index contributed by atoms with van der Waals surface area (Å²) >= 11 is 6.33.